The maximum Gasteiger partial charge on any atom is 0.237 e. The lowest BCUT2D eigenvalue weighted by Gasteiger charge is -2.12. The van der Waals surface area contributed by atoms with Gasteiger partial charge in [-0.25, -0.2) is 4.39 Å². The molecule has 0 aliphatic rings. The van der Waals surface area contributed by atoms with Gasteiger partial charge in [-0.3, -0.25) is 4.79 Å². The first-order chi connectivity index (χ1) is 12.0. The first-order valence-electron chi connectivity index (χ1n) is 7.34. The van der Waals surface area contributed by atoms with Crippen LogP contribution in [-0.2, 0) is 4.79 Å². The van der Waals surface area contributed by atoms with E-state index in [0.717, 1.165) is 11.8 Å². The third-order valence-electron chi connectivity index (χ3n) is 3.32. The van der Waals surface area contributed by atoms with Crippen LogP contribution in [0, 0.1) is 5.82 Å². The summed E-state index contributed by atoms with van der Waals surface area (Å²) in [5, 5.41) is 23.2. The largest absolute Gasteiger partial charge is 0.508 e. The van der Waals surface area contributed by atoms with Crippen LogP contribution in [0.1, 0.15) is 6.92 Å². The topological polar surface area (TPSA) is 92.9 Å². The smallest absolute Gasteiger partial charge is 0.237 e. The molecule has 0 aliphatic heterocycles. The molecule has 1 aromatic heterocycles. The Kier molecular flexibility index (Phi) is 4.94. The number of amides is 1. The molecular weight excluding hydrogens is 345 g/mol. The Morgan fingerprint density at radius 1 is 1.24 bits per heavy atom. The van der Waals surface area contributed by atoms with E-state index in [1.165, 1.54) is 28.9 Å². The lowest BCUT2D eigenvalue weighted by atomic mass is 10.3. The molecule has 2 aromatic carbocycles. The van der Waals surface area contributed by atoms with Crippen molar-refractivity contribution in [1.82, 2.24) is 20.2 Å². The number of para-hydroxylation sites is 1. The first-order valence-corrected chi connectivity index (χ1v) is 8.22. The van der Waals surface area contributed by atoms with Gasteiger partial charge in [0.25, 0.3) is 0 Å². The summed E-state index contributed by atoms with van der Waals surface area (Å²) < 4.78 is 15.1. The van der Waals surface area contributed by atoms with Gasteiger partial charge in [0.1, 0.15) is 11.6 Å². The van der Waals surface area contributed by atoms with Gasteiger partial charge < -0.3 is 10.4 Å². The number of aromatic nitrogens is 4. The summed E-state index contributed by atoms with van der Waals surface area (Å²) in [6.07, 6.45) is 0. The summed E-state index contributed by atoms with van der Waals surface area (Å²) in [5.74, 6) is -0.735. The number of phenolic OH excluding ortho intramolecular Hbond substituents is 1. The van der Waals surface area contributed by atoms with Gasteiger partial charge in [0.2, 0.25) is 11.1 Å². The third kappa shape index (κ3) is 3.94. The molecule has 0 spiro atoms. The van der Waals surface area contributed by atoms with E-state index < -0.39 is 11.1 Å². The molecule has 0 unspecified atom stereocenters. The molecule has 0 bridgehead atoms. The molecule has 2 N–H and O–H groups in total. The van der Waals surface area contributed by atoms with Crippen molar-refractivity contribution in [3.05, 3.63) is 54.3 Å². The van der Waals surface area contributed by atoms with Crippen LogP contribution in [0.25, 0.3) is 5.69 Å². The third-order valence-corrected chi connectivity index (χ3v) is 4.35. The average Bonchev–Trinajstić information content (AvgIpc) is 3.05. The number of hydrogen-bond acceptors (Lipinski definition) is 6. The normalized spacial score (nSPS) is 11.9. The predicted molar refractivity (Wildman–Crippen MR) is 91.2 cm³/mol. The molecule has 0 radical (unpaired) electrons. The average molecular weight is 359 g/mol. The van der Waals surface area contributed by atoms with Crippen molar-refractivity contribution >= 4 is 23.4 Å². The Morgan fingerprint density at radius 2 is 1.96 bits per heavy atom. The molecule has 0 saturated heterocycles. The summed E-state index contributed by atoms with van der Waals surface area (Å²) >= 11 is 1.14. The van der Waals surface area contributed by atoms with E-state index in [1.54, 1.807) is 31.2 Å². The molecule has 7 nitrogen and oxygen atoms in total. The predicted octanol–water partition coefficient (Wildman–Crippen LogP) is 2.63. The number of benzene rings is 2. The van der Waals surface area contributed by atoms with E-state index in [9.17, 15) is 14.3 Å². The maximum atomic E-state index is 13.6. The van der Waals surface area contributed by atoms with Crippen molar-refractivity contribution in [2.24, 2.45) is 0 Å². The minimum absolute atomic E-state index is 0.123. The number of aromatic hydroxyl groups is 1. The summed E-state index contributed by atoms with van der Waals surface area (Å²) in [6, 6.07) is 12.3. The van der Waals surface area contributed by atoms with Crippen molar-refractivity contribution in [3.63, 3.8) is 0 Å². The molecule has 25 heavy (non-hydrogen) atoms. The standard InChI is InChI=1S/C16H14FN5O2S/c1-10(15(24)18-14-5-3-2-4-13(14)17)25-16-19-20-21-22(16)11-6-8-12(23)9-7-11/h2-10,23H,1H3,(H,18,24)/t10-/m0/s1. The van der Waals surface area contributed by atoms with Crippen LogP contribution in [0.5, 0.6) is 5.75 Å². The monoisotopic (exact) mass is 359 g/mol. The number of phenols is 1. The van der Waals surface area contributed by atoms with E-state index >= 15 is 0 Å². The molecule has 3 rings (SSSR count). The quantitative estimate of drug-likeness (QED) is 0.680. The molecule has 3 aromatic rings. The fourth-order valence-electron chi connectivity index (χ4n) is 2.02. The van der Waals surface area contributed by atoms with E-state index in [1.807, 2.05) is 0 Å². The summed E-state index contributed by atoms with van der Waals surface area (Å²) in [7, 11) is 0. The number of hydrogen-bond donors (Lipinski definition) is 2. The molecule has 1 heterocycles. The van der Waals surface area contributed by atoms with Crippen molar-refractivity contribution in [2.75, 3.05) is 5.32 Å². The van der Waals surface area contributed by atoms with Crippen molar-refractivity contribution in [2.45, 2.75) is 17.3 Å². The Balaban J connectivity index is 1.72. The van der Waals surface area contributed by atoms with Gasteiger partial charge in [0.15, 0.2) is 0 Å². The highest BCUT2D eigenvalue weighted by atomic mass is 32.2. The molecule has 128 valence electrons. The summed E-state index contributed by atoms with van der Waals surface area (Å²) in [5.41, 5.74) is 0.769. The molecule has 0 saturated carbocycles. The van der Waals surface area contributed by atoms with Crippen LogP contribution in [0.4, 0.5) is 10.1 Å². The number of nitrogens with zero attached hydrogens (tertiary/aromatic N) is 4. The number of tetrazole rings is 1. The highest BCUT2D eigenvalue weighted by Crippen LogP contribution is 2.25. The van der Waals surface area contributed by atoms with Crippen molar-refractivity contribution in [3.8, 4) is 11.4 Å². The van der Waals surface area contributed by atoms with Gasteiger partial charge in [-0.15, -0.1) is 5.10 Å². The van der Waals surface area contributed by atoms with Crippen LogP contribution in [0.15, 0.2) is 53.7 Å². The Labute approximate surface area is 146 Å². The van der Waals surface area contributed by atoms with Gasteiger partial charge in [-0.2, -0.15) is 4.68 Å². The van der Waals surface area contributed by atoms with Crippen molar-refractivity contribution < 1.29 is 14.3 Å². The van der Waals surface area contributed by atoms with Crippen LogP contribution >= 0.6 is 11.8 Å². The number of rotatable bonds is 5. The van der Waals surface area contributed by atoms with Gasteiger partial charge >= 0.3 is 0 Å². The van der Waals surface area contributed by atoms with Gasteiger partial charge in [-0.1, -0.05) is 23.9 Å². The van der Waals surface area contributed by atoms with Crippen LogP contribution in [0.3, 0.4) is 0 Å². The van der Waals surface area contributed by atoms with Gasteiger partial charge in [0, 0.05) is 0 Å². The molecule has 1 atom stereocenters. The highest BCUT2D eigenvalue weighted by Gasteiger charge is 2.20. The minimum atomic E-state index is -0.554. The van der Waals surface area contributed by atoms with E-state index in [-0.39, 0.29) is 17.3 Å². The zero-order valence-electron chi connectivity index (χ0n) is 13.1. The highest BCUT2D eigenvalue weighted by molar-refractivity contribution is 8.00. The SMILES string of the molecule is C[C@H](Sc1nnnn1-c1ccc(O)cc1)C(=O)Nc1ccccc1F. The maximum absolute atomic E-state index is 13.6. The number of thioether (sulfide) groups is 1. The van der Waals surface area contributed by atoms with Gasteiger partial charge in [0.05, 0.1) is 16.6 Å². The number of anilines is 1. The summed E-state index contributed by atoms with van der Waals surface area (Å²) in [4.78, 5) is 12.3. The van der Waals surface area contributed by atoms with E-state index in [2.05, 4.69) is 20.8 Å². The number of nitrogens with one attached hydrogen (secondary N) is 1. The van der Waals surface area contributed by atoms with Crippen molar-refractivity contribution in [1.29, 1.82) is 0 Å². The minimum Gasteiger partial charge on any atom is -0.508 e. The Hall–Kier alpha value is -2.94. The fraction of sp³-hybridized carbons (Fsp3) is 0.125. The Bertz CT molecular complexity index is 884. The Morgan fingerprint density at radius 3 is 2.68 bits per heavy atom. The van der Waals surface area contributed by atoms with Crippen LogP contribution in [0.2, 0.25) is 0 Å². The molecular formula is C16H14FN5O2S. The zero-order valence-corrected chi connectivity index (χ0v) is 13.9. The molecule has 0 aliphatic carbocycles. The second-order valence-electron chi connectivity index (χ2n) is 5.12. The second kappa shape index (κ2) is 7.31. The lowest BCUT2D eigenvalue weighted by Crippen LogP contribution is -2.23. The van der Waals surface area contributed by atoms with Gasteiger partial charge in [-0.05, 0) is 53.7 Å². The molecule has 9 heteroatoms. The zero-order chi connectivity index (χ0) is 17.8. The number of carbonyl (C=O) groups excluding carboxylic acids is 1. The van der Waals surface area contributed by atoms with E-state index in [0.29, 0.717) is 10.8 Å². The second-order valence-corrected chi connectivity index (χ2v) is 6.43. The fourth-order valence-corrected chi connectivity index (χ4v) is 2.82. The molecule has 0 fully saturated rings. The number of halogens is 1. The van der Waals surface area contributed by atoms with Crippen LogP contribution in [-0.4, -0.2) is 36.5 Å². The van der Waals surface area contributed by atoms with Crippen LogP contribution < -0.4 is 5.32 Å². The van der Waals surface area contributed by atoms with E-state index in [4.69, 9.17) is 0 Å². The first kappa shape index (κ1) is 16.9. The molecule has 1 amide bonds. The lowest BCUT2D eigenvalue weighted by molar-refractivity contribution is -0.115. The number of carbonyl (C=O) groups is 1. The summed E-state index contributed by atoms with van der Waals surface area (Å²) in [6.45, 7) is 1.68.